The average Bonchev–Trinajstić information content (AvgIpc) is 2.61. The van der Waals surface area contributed by atoms with Crippen molar-refractivity contribution in [2.24, 2.45) is 5.92 Å². The van der Waals surface area contributed by atoms with Crippen molar-refractivity contribution in [3.05, 3.63) is 22.6 Å². The van der Waals surface area contributed by atoms with Gasteiger partial charge in [-0.05, 0) is 39.5 Å². The Labute approximate surface area is 115 Å². The van der Waals surface area contributed by atoms with Crippen LogP contribution in [0.25, 0.3) is 0 Å². The van der Waals surface area contributed by atoms with Crippen LogP contribution in [0.1, 0.15) is 53.6 Å². The van der Waals surface area contributed by atoms with Crippen LogP contribution in [0.15, 0.2) is 4.42 Å². The van der Waals surface area contributed by atoms with Gasteiger partial charge in [-0.25, -0.2) is 0 Å². The molecule has 1 heterocycles. The van der Waals surface area contributed by atoms with Gasteiger partial charge in [0.1, 0.15) is 11.5 Å². The molecule has 0 aliphatic rings. The Kier molecular flexibility index (Phi) is 6.09. The molecule has 1 aromatic rings. The van der Waals surface area contributed by atoms with Crippen molar-refractivity contribution in [2.45, 2.75) is 47.0 Å². The maximum Gasteiger partial charge on any atom is 0.255 e. The number of rotatable bonds is 7. The zero-order valence-electron chi connectivity index (χ0n) is 12.4. The van der Waals surface area contributed by atoms with Crippen molar-refractivity contribution in [3.63, 3.8) is 0 Å². The van der Waals surface area contributed by atoms with Crippen LogP contribution in [-0.4, -0.2) is 24.2 Å². The molecule has 0 saturated carbocycles. The number of nitrogens with one attached hydrogen (secondary N) is 1. The van der Waals surface area contributed by atoms with Crippen LogP contribution in [0, 0.1) is 26.7 Å². The van der Waals surface area contributed by atoms with Crippen molar-refractivity contribution in [2.75, 3.05) is 13.2 Å². The highest BCUT2D eigenvalue weighted by Gasteiger charge is 2.19. The van der Waals surface area contributed by atoms with E-state index in [0.29, 0.717) is 23.8 Å². The van der Waals surface area contributed by atoms with E-state index < -0.39 is 0 Å². The number of carbonyl (C=O) groups excluding carboxylic acids is 1. The van der Waals surface area contributed by atoms with E-state index in [9.17, 15) is 4.79 Å². The van der Waals surface area contributed by atoms with Crippen molar-refractivity contribution >= 4 is 5.91 Å². The van der Waals surface area contributed by atoms with E-state index >= 15 is 0 Å². The molecule has 108 valence electrons. The Morgan fingerprint density at radius 1 is 1.26 bits per heavy atom. The Morgan fingerprint density at radius 2 is 1.95 bits per heavy atom. The lowest BCUT2D eigenvalue weighted by atomic mass is 10.00. The molecule has 0 aliphatic carbocycles. The van der Waals surface area contributed by atoms with Gasteiger partial charge in [-0.1, -0.05) is 13.3 Å². The van der Waals surface area contributed by atoms with Crippen LogP contribution in [0.4, 0.5) is 0 Å². The molecule has 0 fully saturated rings. The minimum atomic E-state index is -0.0779. The van der Waals surface area contributed by atoms with E-state index in [0.717, 1.165) is 30.6 Å². The van der Waals surface area contributed by atoms with Crippen LogP contribution < -0.4 is 5.32 Å². The van der Waals surface area contributed by atoms with Crippen LogP contribution in [-0.2, 0) is 0 Å². The number of aryl methyl sites for hydroxylation is 2. The molecule has 0 aromatic carbocycles. The summed E-state index contributed by atoms with van der Waals surface area (Å²) in [5.74, 6) is 1.73. The molecule has 1 atom stereocenters. The third kappa shape index (κ3) is 4.10. The summed E-state index contributed by atoms with van der Waals surface area (Å²) in [5.41, 5.74) is 1.56. The van der Waals surface area contributed by atoms with Crippen molar-refractivity contribution in [1.29, 1.82) is 0 Å². The van der Waals surface area contributed by atoms with Gasteiger partial charge in [0.2, 0.25) is 0 Å². The standard InChI is InChI=1S/C15H25NO3/c1-5-6-13(7-8-17)9-16-15(18)14-10(2)11(3)19-12(14)4/h13,17H,5-9H2,1-4H3,(H,16,18). The summed E-state index contributed by atoms with van der Waals surface area (Å²) in [6.07, 6.45) is 2.81. The number of aliphatic hydroxyl groups excluding tert-OH is 1. The van der Waals surface area contributed by atoms with Crippen LogP contribution in [0.5, 0.6) is 0 Å². The fourth-order valence-corrected chi connectivity index (χ4v) is 2.39. The summed E-state index contributed by atoms with van der Waals surface area (Å²) in [6, 6.07) is 0. The lowest BCUT2D eigenvalue weighted by Crippen LogP contribution is -2.30. The third-order valence-electron chi connectivity index (χ3n) is 3.57. The van der Waals surface area contributed by atoms with E-state index in [4.69, 9.17) is 9.52 Å². The quantitative estimate of drug-likeness (QED) is 0.798. The molecule has 1 rings (SSSR count). The van der Waals surface area contributed by atoms with Gasteiger partial charge in [0, 0.05) is 18.7 Å². The zero-order chi connectivity index (χ0) is 14.4. The average molecular weight is 267 g/mol. The highest BCUT2D eigenvalue weighted by Crippen LogP contribution is 2.20. The van der Waals surface area contributed by atoms with Gasteiger partial charge in [-0.15, -0.1) is 0 Å². The van der Waals surface area contributed by atoms with Gasteiger partial charge >= 0.3 is 0 Å². The minimum Gasteiger partial charge on any atom is -0.466 e. The predicted octanol–water partition coefficient (Wildman–Crippen LogP) is 2.73. The minimum absolute atomic E-state index is 0.0779. The Bertz CT molecular complexity index is 417. The number of carbonyl (C=O) groups is 1. The molecule has 1 unspecified atom stereocenters. The lowest BCUT2D eigenvalue weighted by molar-refractivity contribution is 0.0941. The van der Waals surface area contributed by atoms with Crippen molar-refractivity contribution in [3.8, 4) is 0 Å². The first-order valence-corrected chi connectivity index (χ1v) is 6.96. The number of hydrogen-bond acceptors (Lipinski definition) is 3. The third-order valence-corrected chi connectivity index (χ3v) is 3.57. The molecule has 0 spiro atoms. The van der Waals surface area contributed by atoms with E-state index in [1.54, 1.807) is 0 Å². The molecule has 4 heteroatoms. The second-order valence-corrected chi connectivity index (χ2v) is 5.09. The molecule has 0 saturated heterocycles. The Balaban J connectivity index is 2.64. The molecule has 19 heavy (non-hydrogen) atoms. The number of aliphatic hydroxyl groups is 1. The fraction of sp³-hybridized carbons (Fsp3) is 0.667. The van der Waals surface area contributed by atoms with E-state index in [1.807, 2.05) is 20.8 Å². The largest absolute Gasteiger partial charge is 0.466 e. The SMILES string of the molecule is CCCC(CCO)CNC(=O)c1c(C)oc(C)c1C. The molecule has 0 aliphatic heterocycles. The molecule has 4 nitrogen and oxygen atoms in total. The second-order valence-electron chi connectivity index (χ2n) is 5.09. The summed E-state index contributed by atoms with van der Waals surface area (Å²) < 4.78 is 5.47. The zero-order valence-corrected chi connectivity index (χ0v) is 12.4. The van der Waals surface area contributed by atoms with Gasteiger partial charge in [-0.2, -0.15) is 0 Å². The van der Waals surface area contributed by atoms with Crippen LogP contribution in [0.2, 0.25) is 0 Å². The first kappa shape index (κ1) is 15.8. The lowest BCUT2D eigenvalue weighted by Gasteiger charge is -2.15. The fourth-order valence-electron chi connectivity index (χ4n) is 2.39. The first-order valence-electron chi connectivity index (χ1n) is 6.96. The molecule has 1 amide bonds. The maximum absolute atomic E-state index is 12.2. The number of furan rings is 1. The van der Waals surface area contributed by atoms with Gasteiger partial charge in [-0.3, -0.25) is 4.79 Å². The van der Waals surface area contributed by atoms with Gasteiger partial charge in [0.05, 0.1) is 5.56 Å². The highest BCUT2D eigenvalue weighted by molar-refractivity contribution is 5.96. The summed E-state index contributed by atoms with van der Waals surface area (Å²) in [4.78, 5) is 12.2. The number of amides is 1. The van der Waals surface area contributed by atoms with E-state index in [2.05, 4.69) is 12.2 Å². The molecule has 0 bridgehead atoms. The Morgan fingerprint density at radius 3 is 2.42 bits per heavy atom. The molecular weight excluding hydrogens is 242 g/mol. The molecule has 2 N–H and O–H groups in total. The first-order chi connectivity index (χ1) is 9.01. The molecule has 1 aromatic heterocycles. The van der Waals surface area contributed by atoms with Crippen LogP contribution in [0.3, 0.4) is 0 Å². The predicted molar refractivity (Wildman–Crippen MR) is 75.4 cm³/mol. The monoisotopic (exact) mass is 267 g/mol. The smallest absolute Gasteiger partial charge is 0.255 e. The Hall–Kier alpha value is -1.29. The number of hydrogen-bond donors (Lipinski definition) is 2. The van der Waals surface area contributed by atoms with Gasteiger partial charge in [0.25, 0.3) is 5.91 Å². The molecule has 0 radical (unpaired) electrons. The highest BCUT2D eigenvalue weighted by atomic mass is 16.3. The summed E-state index contributed by atoms with van der Waals surface area (Å²) in [5, 5.41) is 12.0. The van der Waals surface area contributed by atoms with Gasteiger partial charge in [0.15, 0.2) is 0 Å². The maximum atomic E-state index is 12.2. The van der Waals surface area contributed by atoms with Crippen molar-refractivity contribution < 1.29 is 14.3 Å². The summed E-state index contributed by atoms with van der Waals surface area (Å²) >= 11 is 0. The topological polar surface area (TPSA) is 62.5 Å². The summed E-state index contributed by atoms with van der Waals surface area (Å²) in [7, 11) is 0. The molecular formula is C15H25NO3. The normalized spacial score (nSPS) is 12.5. The second kappa shape index (κ2) is 7.34. The van der Waals surface area contributed by atoms with E-state index in [-0.39, 0.29) is 12.5 Å². The van der Waals surface area contributed by atoms with Crippen LogP contribution >= 0.6 is 0 Å². The van der Waals surface area contributed by atoms with Crippen molar-refractivity contribution in [1.82, 2.24) is 5.32 Å². The van der Waals surface area contributed by atoms with E-state index in [1.165, 1.54) is 0 Å². The summed E-state index contributed by atoms with van der Waals surface area (Å²) in [6.45, 7) is 8.47. The van der Waals surface area contributed by atoms with Gasteiger partial charge < -0.3 is 14.8 Å².